The van der Waals surface area contributed by atoms with Crippen LogP contribution in [0.4, 0.5) is 0 Å². The zero-order valence-electron chi connectivity index (χ0n) is 12.2. The highest BCUT2D eigenvalue weighted by atomic mass is 35.5. The van der Waals surface area contributed by atoms with Crippen LogP contribution in [0.5, 0.6) is 5.75 Å². The van der Waals surface area contributed by atoms with E-state index in [1.807, 2.05) is 24.3 Å². The Kier molecular flexibility index (Phi) is 5.51. The number of aromatic nitrogens is 3. The average Bonchev–Trinajstić information content (AvgIpc) is 2.96. The Hall–Kier alpha value is -1.46. The number of hydrogen-bond acceptors (Lipinski definition) is 3. The van der Waals surface area contributed by atoms with Crippen molar-refractivity contribution in [2.24, 2.45) is 0 Å². The Labute approximate surface area is 158 Å². The van der Waals surface area contributed by atoms with Gasteiger partial charge in [0.1, 0.15) is 12.3 Å². The highest BCUT2D eigenvalue weighted by Crippen LogP contribution is 2.36. The largest absolute Gasteiger partial charge is 0.484 e. The zero-order valence-corrected chi connectivity index (χ0v) is 15.2. The minimum absolute atomic E-state index is 0.196. The molecular weight excluding hydrogens is 392 g/mol. The Morgan fingerprint density at radius 2 is 1.58 bits per heavy atom. The molecule has 0 radical (unpaired) electrons. The van der Waals surface area contributed by atoms with E-state index >= 15 is 0 Å². The highest BCUT2D eigenvalue weighted by molar-refractivity contribution is 6.40. The van der Waals surface area contributed by atoms with Crippen LogP contribution in [0.3, 0.4) is 0 Å². The summed E-state index contributed by atoms with van der Waals surface area (Å²) in [5.41, 5.74) is 1.73. The third kappa shape index (κ3) is 4.33. The lowest BCUT2D eigenvalue weighted by molar-refractivity contribution is 0.301. The normalized spacial score (nSPS) is 10.8. The third-order valence-electron chi connectivity index (χ3n) is 3.17. The van der Waals surface area contributed by atoms with Crippen LogP contribution in [0.25, 0.3) is 0 Å². The van der Waals surface area contributed by atoms with Gasteiger partial charge in [-0.1, -0.05) is 63.7 Å². The van der Waals surface area contributed by atoms with Gasteiger partial charge in [0.15, 0.2) is 5.75 Å². The molecule has 24 heavy (non-hydrogen) atoms. The molecule has 0 aliphatic heterocycles. The molecule has 2 aromatic carbocycles. The fourth-order valence-electron chi connectivity index (χ4n) is 2.07. The molecule has 1 heterocycles. The number of rotatable bonds is 5. The maximum atomic E-state index is 6.08. The van der Waals surface area contributed by atoms with Crippen LogP contribution < -0.4 is 4.74 Å². The number of hydrogen-bond donors (Lipinski definition) is 0. The maximum Gasteiger partial charge on any atom is 0.157 e. The molecule has 0 saturated carbocycles. The van der Waals surface area contributed by atoms with E-state index in [1.165, 1.54) is 0 Å². The fraction of sp³-hybridized carbons (Fsp3) is 0.125. The second-order valence-electron chi connectivity index (χ2n) is 5.02. The Bertz CT molecular complexity index is 826. The second kappa shape index (κ2) is 7.62. The predicted molar refractivity (Wildman–Crippen MR) is 96.4 cm³/mol. The molecule has 0 N–H and O–H groups in total. The van der Waals surface area contributed by atoms with E-state index in [0.717, 1.165) is 5.56 Å². The summed E-state index contributed by atoms with van der Waals surface area (Å²) in [6.07, 6.45) is 1.80. The average molecular weight is 403 g/mol. The van der Waals surface area contributed by atoms with Gasteiger partial charge in [0.2, 0.25) is 0 Å². The van der Waals surface area contributed by atoms with Gasteiger partial charge in [-0.05, 0) is 29.8 Å². The summed E-state index contributed by atoms with van der Waals surface area (Å²) in [6, 6.07) is 10.7. The quantitative estimate of drug-likeness (QED) is 0.564. The van der Waals surface area contributed by atoms with Gasteiger partial charge in [0.05, 0.1) is 22.8 Å². The van der Waals surface area contributed by atoms with E-state index in [1.54, 1.807) is 23.0 Å². The molecular formula is C16H11Cl4N3O. The first kappa shape index (κ1) is 17.4. The van der Waals surface area contributed by atoms with Crippen molar-refractivity contribution in [1.29, 1.82) is 0 Å². The Morgan fingerprint density at radius 3 is 2.25 bits per heavy atom. The van der Waals surface area contributed by atoms with Crippen LogP contribution in [-0.2, 0) is 13.2 Å². The van der Waals surface area contributed by atoms with E-state index in [4.69, 9.17) is 51.1 Å². The van der Waals surface area contributed by atoms with E-state index in [-0.39, 0.29) is 6.61 Å². The second-order valence-corrected chi connectivity index (χ2v) is 6.71. The molecule has 0 bridgehead atoms. The molecule has 124 valence electrons. The fourth-order valence-corrected chi connectivity index (χ4v) is 3.12. The molecule has 4 nitrogen and oxygen atoms in total. The first-order valence-corrected chi connectivity index (χ1v) is 8.43. The van der Waals surface area contributed by atoms with Crippen molar-refractivity contribution in [1.82, 2.24) is 15.0 Å². The summed E-state index contributed by atoms with van der Waals surface area (Å²) in [7, 11) is 0. The SMILES string of the molecule is Clc1ccc(Cn2cc(COc3c(Cl)cc(Cl)cc3Cl)nn2)cc1. The van der Waals surface area contributed by atoms with Gasteiger partial charge in [-0.25, -0.2) is 4.68 Å². The van der Waals surface area contributed by atoms with Gasteiger partial charge in [0.25, 0.3) is 0 Å². The lowest BCUT2D eigenvalue weighted by atomic mass is 10.2. The summed E-state index contributed by atoms with van der Waals surface area (Å²) in [5.74, 6) is 0.370. The smallest absolute Gasteiger partial charge is 0.157 e. The zero-order chi connectivity index (χ0) is 17.1. The van der Waals surface area contributed by atoms with Crippen LogP contribution in [0.1, 0.15) is 11.3 Å². The van der Waals surface area contributed by atoms with Crippen molar-refractivity contribution >= 4 is 46.4 Å². The number of benzene rings is 2. The van der Waals surface area contributed by atoms with Gasteiger partial charge in [0, 0.05) is 10.0 Å². The van der Waals surface area contributed by atoms with Crippen molar-refractivity contribution in [3.05, 3.63) is 73.9 Å². The molecule has 0 aliphatic rings. The van der Waals surface area contributed by atoms with Crippen LogP contribution in [0.15, 0.2) is 42.6 Å². The molecule has 0 unspecified atom stereocenters. The molecule has 3 aromatic rings. The van der Waals surface area contributed by atoms with E-state index in [0.29, 0.717) is 38.1 Å². The summed E-state index contributed by atoms with van der Waals surface area (Å²) in [6.45, 7) is 0.786. The molecule has 0 atom stereocenters. The molecule has 8 heteroatoms. The van der Waals surface area contributed by atoms with Gasteiger partial charge in [-0.3, -0.25) is 0 Å². The van der Waals surface area contributed by atoms with Gasteiger partial charge in [-0.15, -0.1) is 5.10 Å². The minimum atomic E-state index is 0.196. The Morgan fingerprint density at radius 1 is 0.917 bits per heavy atom. The number of nitrogens with zero attached hydrogens (tertiary/aromatic N) is 3. The molecule has 0 fully saturated rings. The van der Waals surface area contributed by atoms with Gasteiger partial charge >= 0.3 is 0 Å². The summed E-state index contributed by atoms with van der Waals surface area (Å²) >= 11 is 23.9. The topological polar surface area (TPSA) is 39.9 Å². The molecule has 0 spiro atoms. The molecule has 0 aliphatic carbocycles. The summed E-state index contributed by atoms with van der Waals surface area (Å²) in [4.78, 5) is 0. The monoisotopic (exact) mass is 401 g/mol. The lowest BCUT2D eigenvalue weighted by Crippen LogP contribution is -2.00. The van der Waals surface area contributed by atoms with Crippen LogP contribution >= 0.6 is 46.4 Å². The first-order chi connectivity index (χ1) is 11.5. The van der Waals surface area contributed by atoms with Crippen molar-refractivity contribution in [2.75, 3.05) is 0 Å². The van der Waals surface area contributed by atoms with E-state index < -0.39 is 0 Å². The highest BCUT2D eigenvalue weighted by Gasteiger charge is 2.11. The third-order valence-corrected chi connectivity index (χ3v) is 4.20. The summed E-state index contributed by atoms with van der Waals surface area (Å²) in [5, 5.41) is 9.99. The van der Waals surface area contributed by atoms with Crippen molar-refractivity contribution in [3.8, 4) is 5.75 Å². The van der Waals surface area contributed by atoms with Gasteiger partial charge in [-0.2, -0.15) is 0 Å². The van der Waals surface area contributed by atoms with Crippen molar-refractivity contribution in [3.63, 3.8) is 0 Å². The van der Waals surface area contributed by atoms with E-state index in [9.17, 15) is 0 Å². The molecule has 3 rings (SSSR count). The lowest BCUT2D eigenvalue weighted by Gasteiger charge is -2.08. The number of halogens is 4. The minimum Gasteiger partial charge on any atom is -0.484 e. The molecule has 0 amide bonds. The molecule has 0 saturated heterocycles. The number of ether oxygens (including phenoxy) is 1. The summed E-state index contributed by atoms with van der Waals surface area (Å²) < 4.78 is 7.35. The van der Waals surface area contributed by atoms with Gasteiger partial charge < -0.3 is 4.74 Å². The van der Waals surface area contributed by atoms with Crippen LogP contribution in [0, 0.1) is 0 Å². The van der Waals surface area contributed by atoms with Crippen molar-refractivity contribution in [2.45, 2.75) is 13.2 Å². The first-order valence-electron chi connectivity index (χ1n) is 6.92. The van der Waals surface area contributed by atoms with E-state index in [2.05, 4.69) is 10.3 Å². The van der Waals surface area contributed by atoms with Crippen molar-refractivity contribution < 1.29 is 4.74 Å². The Balaban J connectivity index is 1.65. The molecule has 1 aromatic heterocycles. The predicted octanol–water partition coefficient (Wildman–Crippen LogP) is 5.52. The van der Waals surface area contributed by atoms with Crippen LogP contribution in [-0.4, -0.2) is 15.0 Å². The van der Waals surface area contributed by atoms with Crippen LogP contribution in [0.2, 0.25) is 20.1 Å². The standard InChI is InChI=1S/C16H11Cl4N3O/c17-11-3-1-10(2-4-11)7-23-8-13(21-22-23)9-24-16-14(19)5-12(18)6-15(16)20/h1-6,8H,7,9H2. The maximum absolute atomic E-state index is 6.08.